The molecule has 0 spiro atoms. The minimum absolute atomic E-state index is 0.440. The Balaban J connectivity index is 2.08. The van der Waals surface area contributed by atoms with Gasteiger partial charge in [-0.15, -0.1) is 0 Å². The van der Waals surface area contributed by atoms with Gasteiger partial charge < -0.3 is 15.2 Å². The molecule has 0 fully saturated rings. The Hall–Kier alpha value is -2.67. The molecular formula is C16H16N2O2. The van der Waals surface area contributed by atoms with Crippen molar-refractivity contribution in [2.75, 3.05) is 12.3 Å². The zero-order chi connectivity index (χ0) is 14.4. The number of hydrogen-bond donors (Lipinski definition) is 1. The first-order valence-electron chi connectivity index (χ1n) is 6.43. The van der Waals surface area contributed by atoms with Crippen LogP contribution in [0.4, 0.5) is 5.69 Å². The van der Waals surface area contributed by atoms with Gasteiger partial charge in [0.05, 0.1) is 23.9 Å². The van der Waals surface area contributed by atoms with Crippen LogP contribution in [0, 0.1) is 11.3 Å². The summed E-state index contributed by atoms with van der Waals surface area (Å²) in [7, 11) is 0. The summed E-state index contributed by atoms with van der Waals surface area (Å²) in [5.74, 6) is 2.02. The Morgan fingerprint density at radius 2 is 1.80 bits per heavy atom. The van der Waals surface area contributed by atoms with Crippen molar-refractivity contribution in [1.29, 1.82) is 5.26 Å². The summed E-state index contributed by atoms with van der Waals surface area (Å²) in [6.45, 7) is 2.76. The third-order valence-electron chi connectivity index (χ3n) is 2.66. The van der Waals surface area contributed by atoms with E-state index < -0.39 is 0 Å². The highest BCUT2D eigenvalue weighted by atomic mass is 16.5. The number of nitrogen functional groups attached to an aromatic ring is 1. The Morgan fingerprint density at radius 3 is 2.40 bits per heavy atom. The molecule has 0 aliphatic rings. The fraction of sp³-hybridized carbons (Fsp3) is 0.188. The van der Waals surface area contributed by atoms with Crippen LogP contribution in [0.5, 0.6) is 17.2 Å². The number of ether oxygens (including phenoxy) is 2. The summed E-state index contributed by atoms with van der Waals surface area (Å²) in [4.78, 5) is 0. The Morgan fingerprint density at radius 1 is 1.10 bits per heavy atom. The molecule has 0 heterocycles. The van der Waals surface area contributed by atoms with E-state index in [2.05, 4.69) is 6.92 Å². The molecule has 0 radical (unpaired) electrons. The van der Waals surface area contributed by atoms with Gasteiger partial charge in [0.2, 0.25) is 0 Å². The molecule has 2 aromatic rings. The van der Waals surface area contributed by atoms with Crippen molar-refractivity contribution in [3.05, 3.63) is 48.0 Å². The SMILES string of the molecule is CCCOc1ccc(Oc2ccc(C#N)cc2N)cc1. The van der Waals surface area contributed by atoms with Crippen LogP contribution in [-0.4, -0.2) is 6.61 Å². The number of nitrogens with two attached hydrogens (primary N) is 1. The molecule has 0 aliphatic carbocycles. The van der Waals surface area contributed by atoms with Gasteiger partial charge in [-0.2, -0.15) is 5.26 Å². The monoisotopic (exact) mass is 268 g/mol. The van der Waals surface area contributed by atoms with E-state index in [0.29, 0.717) is 29.4 Å². The molecule has 4 heteroatoms. The molecule has 20 heavy (non-hydrogen) atoms. The highest BCUT2D eigenvalue weighted by Gasteiger charge is 2.04. The molecule has 0 saturated carbocycles. The number of rotatable bonds is 5. The van der Waals surface area contributed by atoms with Gasteiger partial charge in [0.25, 0.3) is 0 Å². The molecule has 0 aromatic heterocycles. The van der Waals surface area contributed by atoms with Crippen LogP contribution in [0.25, 0.3) is 0 Å². The maximum Gasteiger partial charge on any atom is 0.150 e. The predicted octanol–water partition coefficient (Wildman–Crippen LogP) is 3.72. The molecular weight excluding hydrogens is 252 g/mol. The lowest BCUT2D eigenvalue weighted by Crippen LogP contribution is -1.95. The number of hydrogen-bond acceptors (Lipinski definition) is 4. The van der Waals surface area contributed by atoms with Crippen LogP contribution in [0.3, 0.4) is 0 Å². The molecule has 0 saturated heterocycles. The van der Waals surface area contributed by atoms with E-state index in [-0.39, 0.29) is 0 Å². The highest BCUT2D eigenvalue weighted by molar-refractivity contribution is 5.57. The smallest absolute Gasteiger partial charge is 0.150 e. The molecule has 0 bridgehead atoms. The minimum atomic E-state index is 0.440. The molecule has 2 aromatic carbocycles. The predicted molar refractivity (Wildman–Crippen MR) is 77.9 cm³/mol. The normalized spacial score (nSPS) is 9.80. The summed E-state index contributed by atoms with van der Waals surface area (Å²) in [5.41, 5.74) is 6.79. The molecule has 102 valence electrons. The summed E-state index contributed by atoms with van der Waals surface area (Å²) in [5, 5.41) is 8.78. The largest absolute Gasteiger partial charge is 0.494 e. The van der Waals surface area contributed by atoms with E-state index in [4.69, 9.17) is 20.5 Å². The Labute approximate surface area is 118 Å². The number of nitrogens with zero attached hydrogens (tertiary/aromatic N) is 1. The van der Waals surface area contributed by atoms with Gasteiger partial charge in [-0.05, 0) is 48.9 Å². The van der Waals surface area contributed by atoms with Crippen molar-refractivity contribution >= 4 is 5.69 Å². The van der Waals surface area contributed by atoms with Gasteiger partial charge >= 0.3 is 0 Å². The second-order valence-electron chi connectivity index (χ2n) is 4.29. The second kappa shape index (κ2) is 6.48. The van der Waals surface area contributed by atoms with Crippen LogP contribution in [-0.2, 0) is 0 Å². The van der Waals surface area contributed by atoms with Gasteiger partial charge in [-0.1, -0.05) is 6.92 Å². The lowest BCUT2D eigenvalue weighted by molar-refractivity contribution is 0.317. The molecule has 0 atom stereocenters. The first-order chi connectivity index (χ1) is 9.72. The summed E-state index contributed by atoms with van der Waals surface area (Å²) >= 11 is 0. The number of nitriles is 1. The highest BCUT2D eigenvalue weighted by Crippen LogP contribution is 2.29. The van der Waals surface area contributed by atoms with Crippen molar-refractivity contribution in [3.8, 4) is 23.3 Å². The van der Waals surface area contributed by atoms with E-state index in [1.807, 2.05) is 30.3 Å². The van der Waals surface area contributed by atoms with Crippen molar-refractivity contribution in [2.45, 2.75) is 13.3 Å². The van der Waals surface area contributed by atoms with Gasteiger partial charge in [-0.25, -0.2) is 0 Å². The topological polar surface area (TPSA) is 68.3 Å². The van der Waals surface area contributed by atoms with Gasteiger partial charge in [0, 0.05) is 0 Å². The van der Waals surface area contributed by atoms with Crippen molar-refractivity contribution < 1.29 is 9.47 Å². The lowest BCUT2D eigenvalue weighted by Gasteiger charge is -2.09. The zero-order valence-corrected chi connectivity index (χ0v) is 11.3. The molecule has 2 N–H and O–H groups in total. The fourth-order valence-corrected chi connectivity index (χ4v) is 1.66. The fourth-order valence-electron chi connectivity index (χ4n) is 1.66. The molecule has 0 aliphatic heterocycles. The standard InChI is InChI=1S/C16H16N2O2/c1-2-9-19-13-4-6-14(7-5-13)20-16-8-3-12(11-17)10-15(16)18/h3-8,10H,2,9,18H2,1H3. The second-order valence-corrected chi connectivity index (χ2v) is 4.29. The lowest BCUT2D eigenvalue weighted by atomic mass is 10.2. The van der Waals surface area contributed by atoms with Crippen molar-refractivity contribution in [1.82, 2.24) is 0 Å². The van der Waals surface area contributed by atoms with Gasteiger partial charge in [0.15, 0.2) is 0 Å². The summed E-state index contributed by atoms with van der Waals surface area (Å²) < 4.78 is 11.2. The molecule has 0 amide bonds. The number of anilines is 1. The number of benzene rings is 2. The third-order valence-corrected chi connectivity index (χ3v) is 2.66. The van der Waals surface area contributed by atoms with E-state index in [0.717, 1.165) is 12.2 Å². The Bertz CT molecular complexity index is 615. The van der Waals surface area contributed by atoms with E-state index in [9.17, 15) is 0 Å². The van der Waals surface area contributed by atoms with Gasteiger partial charge in [-0.3, -0.25) is 0 Å². The van der Waals surface area contributed by atoms with Crippen LogP contribution in [0.2, 0.25) is 0 Å². The van der Waals surface area contributed by atoms with E-state index in [1.54, 1.807) is 18.2 Å². The molecule has 4 nitrogen and oxygen atoms in total. The van der Waals surface area contributed by atoms with Crippen LogP contribution >= 0.6 is 0 Å². The summed E-state index contributed by atoms with van der Waals surface area (Å²) in [6, 6.07) is 14.3. The van der Waals surface area contributed by atoms with Crippen molar-refractivity contribution in [2.24, 2.45) is 0 Å². The average molecular weight is 268 g/mol. The quantitative estimate of drug-likeness (QED) is 0.839. The third kappa shape index (κ3) is 3.42. The Kier molecular flexibility index (Phi) is 4.46. The first-order valence-corrected chi connectivity index (χ1v) is 6.43. The molecule has 2 rings (SSSR count). The summed E-state index contributed by atoms with van der Waals surface area (Å²) in [6.07, 6.45) is 0.972. The van der Waals surface area contributed by atoms with Crippen molar-refractivity contribution in [3.63, 3.8) is 0 Å². The molecule has 0 unspecified atom stereocenters. The minimum Gasteiger partial charge on any atom is -0.494 e. The van der Waals surface area contributed by atoms with Crippen LogP contribution in [0.1, 0.15) is 18.9 Å². The van der Waals surface area contributed by atoms with Crippen LogP contribution in [0.15, 0.2) is 42.5 Å². The maximum absolute atomic E-state index is 8.78. The zero-order valence-electron chi connectivity index (χ0n) is 11.3. The van der Waals surface area contributed by atoms with E-state index in [1.165, 1.54) is 0 Å². The van der Waals surface area contributed by atoms with Crippen LogP contribution < -0.4 is 15.2 Å². The van der Waals surface area contributed by atoms with Gasteiger partial charge in [0.1, 0.15) is 17.2 Å². The maximum atomic E-state index is 8.78. The first kappa shape index (κ1) is 13.8. The average Bonchev–Trinajstić information content (AvgIpc) is 2.48. The van der Waals surface area contributed by atoms with E-state index >= 15 is 0 Å².